The molecule has 1 unspecified atom stereocenters. The summed E-state index contributed by atoms with van der Waals surface area (Å²) in [5, 5.41) is 11.4. The molecule has 2 aromatic carbocycles. The Balaban J connectivity index is 0.00000256. The number of guanidine groups is 1. The van der Waals surface area contributed by atoms with Crippen LogP contribution in [-0.4, -0.2) is 28.4 Å². The quantitative estimate of drug-likeness (QED) is 0.305. The summed E-state index contributed by atoms with van der Waals surface area (Å²) in [6.07, 6.45) is 4.76. The van der Waals surface area contributed by atoms with Crippen LogP contribution in [0.3, 0.4) is 0 Å². The first-order chi connectivity index (χ1) is 14.0. The van der Waals surface area contributed by atoms with Crippen LogP contribution in [0.5, 0.6) is 5.75 Å². The first kappa shape index (κ1) is 22.1. The Bertz CT molecular complexity index is 1000. The molecule has 30 heavy (non-hydrogen) atoms. The molecule has 7 heteroatoms. The highest BCUT2D eigenvalue weighted by Gasteiger charge is 2.33. The summed E-state index contributed by atoms with van der Waals surface area (Å²) in [7, 11) is 1.79. The molecule has 3 aromatic rings. The Morgan fingerprint density at radius 3 is 2.67 bits per heavy atom. The summed E-state index contributed by atoms with van der Waals surface area (Å²) in [5.74, 6) is 1.69. The van der Waals surface area contributed by atoms with Crippen LogP contribution in [0.1, 0.15) is 37.4 Å². The van der Waals surface area contributed by atoms with E-state index in [1.807, 2.05) is 65.6 Å². The second kappa shape index (κ2) is 9.51. The summed E-state index contributed by atoms with van der Waals surface area (Å²) in [6.45, 7) is 4.87. The van der Waals surface area contributed by atoms with Crippen molar-refractivity contribution >= 4 is 29.9 Å². The average molecular weight is 517 g/mol. The molecule has 1 aliphatic heterocycles. The summed E-state index contributed by atoms with van der Waals surface area (Å²) < 4.78 is 8.01. The monoisotopic (exact) mass is 517 g/mol. The zero-order valence-corrected chi connectivity index (χ0v) is 19.8. The van der Waals surface area contributed by atoms with Gasteiger partial charge in [0, 0.05) is 37.3 Å². The lowest BCUT2D eigenvalue weighted by Gasteiger charge is -2.38. The van der Waals surface area contributed by atoms with Gasteiger partial charge in [0.15, 0.2) is 5.96 Å². The van der Waals surface area contributed by atoms with Gasteiger partial charge < -0.3 is 15.4 Å². The van der Waals surface area contributed by atoms with Crippen LogP contribution in [0.2, 0.25) is 0 Å². The van der Waals surface area contributed by atoms with Gasteiger partial charge in [-0.3, -0.25) is 4.99 Å². The summed E-state index contributed by atoms with van der Waals surface area (Å²) in [5.41, 5.74) is 3.06. The maximum atomic E-state index is 6.13. The fourth-order valence-corrected chi connectivity index (χ4v) is 3.65. The molecule has 0 radical (unpaired) electrons. The summed E-state index contributed by atoms with van der Waals surface area (Å²) in [6, 6.07) is 18.4. The normalized spacial score (nSPS) is 17.3. The number of benzene rings is 2. The van der Waals surface area contributed by atoms with Gasteiger partial charge in [-0.05, 0) is 32.0 Å². The zero-order valence-electron chi connectivity index (χ0n) is 17.5. The number of hydrogen-bond donors (Lipinski definition) is 2. The standard InChI is InChI=1S/C23H27N5O.HI/c1-23(2)13-20(19-11-7-8-12-21(19)29-23)27-22(24-3)25-14-17-15-26-28(16-17)18-9-5-4-6-10-18;/h4-12,15-16,20H,13-14H2,1-3H3,(H2,24,25,27);1H. The first-order valence-electron chi connectivity index (χ1n) is 9.88. The zero-order chi connectivity index (χ0) is 20.3. The third-order valence-electron chi connectivity index (χ3n) is 5.03. The van der Waals surface area contributed by atoms with E-state index in [1.165, 1.54) is 0 Å². The maximum absolute atomic E-state index is 6.13. The minimum Gasteiger partial charge on any atom is -0.487 e. The van der Waals surface area contributed by atoms with E-state index in [9.17, 15) is 0 Å². The third kappa shape index (κ3) is 5.13. The molecule has 4 rings (SSSR count). The van der Waals surface area contributed by atoms with E-state index in [0.29, 0.717) is 6.54 Å². The van der Waals surface area contributed by atoms with E-state index in [0.717, 1.165) is 34.9 Å². The highest BCUT2D eigenvalue weighted by atomic mass is 127. The Hall–Kier alpha value is -2.55. The number of hydrogen-bond acceptors (Lipinski definition) is 3. The Labute approximate surface area is 194 Å². The molecule has 0 aliphatic carbocycles. The lowest BCUT2D eigenvalue weighted by atomic mass is 9.90. The number of rotatable bonds is 4. The van der Waals surface area contributed by atoms with Crippen LogP contribution in [0.4, 0.5) is 0 Å². The highest BCUT2D eigenvalue weighted by molar-refractivity contribution is 14.0. The van der Waals surface area contributed by atoms with Gasteiger partial charge in [0.1, 0.15) is 11.4 Å². The predicted octanol–water partition coefficient (Wildman–Crippen LogP) is 4.46. The molecule has 0 amide bonds. The van der Waals surface area contributed by atoms with Crippen molar-refractivity contribution in [2.45, 2.75) is 38.5 Å². The average Bonchev–Trinajstić information content (AvgIpc) is 3.20. The molecule has 6 nitrogen and oxygen atoms in total. The number of halogens is 1. The molecular formula is C23H28IN5O. The van der Waals surface area contributed by atoms with Crippen LogP contribution in [0, 0.1) is 0 Å². The third-order valence-corrected chi connectivity index (χ3v) is 5.03. The van der Waals surface area contributed by atoms with Gasteiger partial charge in [0.25, 0.3) is 0 Å². The van der Waals surface area contributed by atoms with E-state index in [1.54, 1.807) is 7.05 Å². The lowest BCUT2D eigenvalue weighted by Crippen LogP contribution is -2.45. The second-order valence-electron chi connectivity index (χ2n) is 7.86. The minimum atomic E-state index is -0.234. The molecule has 0 spiro atoms. The fraction of sp³-hybridized carbons (Fsp3) is 0.304. The maximum Gasteiger partial charge on any atom is 0.191 e. The first-order valence-corrected chi connectivity index (χ1v) is 9.88. The second-order valence-corrected chi connectivity index (χ2v) is 7.86. The van der Waals surface area contributed by atoms with Crippen LogP contribution < -0.4 is 15.4 Å². The number of fused-ring (bicyclic) bond motifs is 1. The van der Waals surface area contributed by atoms with Gasteiger partial charge in [-0.15, -0.1) is 24.0 Å². The molecule has 158 valence electrons. The summed E-state index contributed by atoms with van der Waals surface area (Å²) >= 11 is 0. The number of nitrogens with zero attached hydrogens (tertiary/aromatic N) is 3. The van der Waals surface area contributed by atoms with Crippen LogP contribution >= 0.6 is 24.0 Å². The topological polar surface area (TPSA) is 63.5 Å². The van der Waals surface area contributed by atoms with Crippen molar-refractivity contribution in [3.8, 4) is 11.4 Å². The Kier molecular flexibility index (Phi) is 7.02. The van der Waals surface area contributed by atoms with Crippen molar-refractivity contribution in [1.29, 1.82) is 0 Å². The van der Waals surface area contributed by atoms with Crippen molar-refractivity contribution in [1.82, 2.24) is 20.4 Å². The molecule has 2 N–H and O–H groups in total. The van der Waals surface area contributed by atoms with Crippen molar-refractivity contribution in [2.75, 3.05) is 7.05 Å². The fourth-order valence-electron chi connectivity index (χ4n) is 3.65. The van der Waals surface area contributed by atoms with Gasteiger partial charge in [-0.25, -0.2) is 4.68 Å². The molecule has 0 bridgehead atoms. The molecule has 0 saturated heterocycles. The van der Waals surface area contributed by atoms with E-state index in [2.05, 4.69) is 40.6 Å². The van der Waals surface area contributed by atoms with Gasteiger partial charge in [-0.1, -0.05) is 36.4 Å². The van der Waals surface area contributed by atoms with Gasteiger partial charge in [0.2, 0.25) is 0 Å². The smallest absolute Gasteiger partial charge is 0.191 e. The van der Waals surface area contributed by atoms with Crippen molar-refractivity contribution < 1.29 is 4.74 Å². The van der Waals surface area contributed by atoms with Crippen molar-refractivity contribution in [3.63, 3.8) is 0 Å². The number of nitrogens with one attached hydrogen (secondary N) is 2. The number of para-hydroxylation sites is 2. The summed E-state index contributed by atoms with van der Waals surface area (Å²) in [4.78, 5) is 4.41. The molecular weight excluding hydrogens is 489 g/mol. The van der Waals surface area contributed by atoms with Gasteiger partial charge >= 0.3 is 0 Å². The number of aliphatic imine (C=N–C) groups is 1. The molecule has 1 atom stereocenters. The lowest BCUT2D eigenvalue weighted by molar-refractivity contribution is 0.0694. The van der Waals surface area contributed by atoms with Crippen LogP contribution in [0.25, 0.3) is 5.69 Å². The van der Waals surface area contributed by atoms with E-state index in [4.69, 9.17) is 4.74 Å². The van der Waals surface area contributed by atoms with Crippen molar-refractivity contribution in [3.05, 3.63) is 78.1 Å². The number of ether oxygens (including phenoxy) is 1. The van der Waals surface area contributed by atoms with E-state index < -0.39 is 0 Å². The SMILES string of the molecule is CN=C(NCc1cnn(-c2ccccc2)c1)NC1CC(C)(C)Oc2ccccc21.I. The van der Waals surface area contributed by atoms with Crippen LogP contribution in [-0.2, 0) is 6.54 Å². The molecule has 2 heterocycles. The predicted molar refractivity (Wildman–Crippen MR) is 131 cm³/mol. The number of aromatic nitrogens is 2. The van der Waals surface area contributed by atoms with E-state index in [-0.39, 0.29) is 35.6 Å². The van der Waals surface area contributed by atoms with E-state index >= 15 is 0 Å². The van der Waals surface area contributed by atoms with Crippen LogP contribution in [0.15, 0.2) is 72.0 Å². The molecule has 0 fully saturated rings. The van der Waals surface area contributed by atoms with Gasteiger partial charge in [0.05, 0.1) is 17.9 Å². The Morgan fingerprint density at radius 2 is 1.90 bits per heavy atom. The molecule has 1 aliphatic rings. The highest BCUT2D eigenvalue weighted by Crippen LogP contribution is 2.39. The molecule has 1 aromatic heterocycles. The Morgan fingerprint density at radius 1 is 1.17 bits per heavy atom. The minimum absolute atomic E-state index is 0. The largest absolute Gasteiger partial charge is 0.487 e. The van der Waals surface area contributed by atoms with Crippen molar-refractivity contribution in [2.24, 2.45) is 4.99 Å². The molecule has 0 saturated carbocycles. The van der Waals surface area contributed by atoms with Gasteiger partial charge in [-0.2, -0.15) is 5.10 Å².